The maximum Gasteiger partial charge on any atom is 0.315 e. The first kappa shape index (κ1) is 11.5. The lowest BCUT2D eigenvalue weighted by Gasteiger charge is -2.00. The summed E-state index contributed by atoms with van der Waals surface area (Å²) in [5, 5.41) is 14.0. The molecule has 6 heteroatoms. The Morgan fingerprint density at radius 3 is 3.00 bits per heavy atom. The van der Waals surface area contributed by atoms with Crippen molar-refractivity contribution >= 4 is 6.01 Å². The van der Waals surface area contributed by atoms with Crippen LogP contribution in [0.15, 0.2) is 28.9 Å². The molecule has 0 saturated heterocycles. The van der Waals surface area contributed by atoms with Crippen LogP contribution in [0, 0.1) is 0 Å². The highest BCUT2D eigenvalue weighted by molar-refractivity contribution is 5.21. The average Bonchev–Trinajstić information content (AvgIpc) is 2.83. The van der Waals surface area contributed by atoms with Crippen LogP contribution in [-0.4, -0.2) is 21.7 Å². The maximum atomic E-state index is 5.39. The highest BCUT2D eigenvalue weighted by atomic mass is 16.4. The molecule has 2 rings (SSSR count). The van der Waals surface area contributed by atoms with E-state index in [-0.39, 0.29) is 0 Å². The lowest BCUT2D eigenvalue weighted by atomic mass is 10.3. The SMILES string of the molecule is CCNCc1nnc(NCc2cccnc2)o1. The van der Waals surface area contributed by atoms with Crippen molar-refractivity contribution in [2.75, 3.05) is 11.9 Å². The molecule has 0 aromatic carbocycles. The molecule has 2 N–H and O–H groups in total. The molecule has 2 aromatic rings. The number of nitrogens with one attached hydrogen (secondary N) is 2. The molecule has 0 saturated carbocycles. The summed E-state index contributed by atoms with van der Waals surface area (Å²) in [7, 11) is 0. The Morgan fingerprint density at radius 1 is 1.29 bits per heavy atom. The fourth-order valence-corrected chi connectivity index (χ4v) is 1.31. The fourth-order valence-electron chi connectivity index (χ4n) is 1.31. The first-order chi connectivity index (χ1) is 8.38. The average molecular weight is 233 g/mol. The summed E-state index contributed by atoms with van der Waals surface area (Å²) in [6, 6.07) is 4.30. The molecule has 0 amide bonds. The number of pyridine rings is 1. The van der Waals surface area contributed by atoms with Crippen molar-refractivity contribution in [2.24, 2.45) is 0 Å². The van der Waals surface area contributed by atoms with Crippen molar-refractivity contribution in [1.82, 2.24) is 20.5 Å². The summed E-state index contributed by atoms with van der Waals surface area (Å²) in [4.78, 5) is 4.03. The summed E-state index contributed by atoms with van der Waals surface area (Å²) >= 11 is 0. The van der Waals surface area contributed by atoms with Crippen molar-refractivity contribution < 1.29 is 4.42 Å². The van der Waals surface area contributed by atoms with E-state index in [0.717, 1.165) is 12.1 Å². The summed E-state index contributed by atoms with van der Waals surface area (Å²) in [6.07, 6.45) is 3.54. The highest BCUT2D eigenvalue weighted by Crippen LogP contribution is 2.07. The molecule has 0 spiro atoms. The lowest BCUT2D eigenvalue weighted by molar-refractivity contribution is 0.481. The second-order valence-electron chi connectivity index (χ2n) is 3.50. The van der Waals surface area contributed by atoms with Crippen LogP contribution in [0.4, 0.5) is 6.01 Å². The van der Waals surface area contributed by atoms with Crippen molar-refractivity contribution in [2.45, 2.75) is 20.0 Å². The van der Waals surface area contributed by atoms with Crippen LogP contribution in [0.25, 0.3) is 0 Å². The van der Waals surface area contributed by atoms with Crippen molar-refractivity contribution in [3.05, 3.63) is 36.0 Å². The van der Waals surface area contributed by atoms with Gasteiger partial charge in [0.1, 0.15) is 0 Å². The molecule has 0 aliphatic rings. The van der Waals surface area contributed by atoms with Crippen LogP contribution in [-0.2, 0) is 13.1 Å². The van der Waals surface area contributed by atoms with Crippen molar-refractivity contribution in [3.63, 3.8) is 0 Å². The number of nitrogens with zero attached hydrogens (tertiary/aromatic N) is 3. The van der Waals surface area contributed by atoms with E-state index in [1.165, 1.54) is 0 Å². The molecular formula is C11H15N5O. The van der Waals surface area contributed by atoms with Gasteiger partial charge in [-0.25, -0.2) is 0 Å². The van der Waals surface area contributed by atoms with E-state index in [9.17, 15) is 0 Å². The van der Waals surface area contributed by atoms with Gasteiger partial charge in [0.15, 0.2) is 0 Å². The molecule has 0 aliphatic carbocycles. The molecule has 0 atom stereocenters. The van der Waals surface area contributed by atoms with Gasteiger partial charge in [0, 0.05) is 18.9 Å². The van der Waals surface area contributed by atoms with Crippen LogP contribution in [0.5, 0.6) is 0 Å². The van der Waals surface area contributed by atoms with Gasteiger partial charge >= 0.3 is 6.01 Å². The van der Waals surface area contributed by atoms with Crippen LogP contribution < -0.4 is 10.6 Å². The predicted octanol–water partition coefficient (Wildman–Crippen LogP) is 1.19. The minimum absolute atomic E-state index is 0.432. The Hall–Kier alpha value is -1.95. The quantitative estimate of drug-likeness (QED) is 0.780. The van der Waals surface area contributed by atoms with E-state index < -0.39 is 0 Å². The second kappa shape index (κ2) is 5.95. The van der Waals surface area contributed by atoms with Gasteiger partial charge in [-0.1, -0.05) is 18.1 Å². The molecule has 0 fully saturated rings. The zero-order valence-electron chi connectivity index (χ0n) is 9.68. The van der Waals surface area contributed by atoms with Gasteiger partial charge in [-0.2, -0.15) is 0 Å². The smallest absolute Gasteiger partial charge is 0.315 e. The summed E-state index contributed by atoms with van der Waals surface area (Å²) in [5.41, 5.74) is 1.07. The molecule has 17 heavy (non-hydrogen) atoms. The number of aromatic nitrogens is 3. The van der Waals surface area contributed by atoms with E-state index >= 15 is 0 Å². The maximum absolute atomic E-state index is 5.39. The molecule has 2 heterocycles. The normalized spacial score (nSPS) is 10.4. The first-order valence-corrected chi connectivity index (χ1v) is 5.54. The van der Waals surface area contributed by atoms with E-state index in [0.29, 0.717) is 25.0 Å². The van der Waals surface area contributed by atoms with Crippen LogP contribution in [0.1, 0.15) is 18.4 Å². The minimum atomic E-state index is 0.432. The molecule has 0 radical (unpaired) electrons. The minimum Gasteiger partial charge on any atom is -0.407 e. The van der Waals surface area contributed by atoms with Gasteiger partial charge in [0.2, 0.25) is 5.89 Å². The lowest BCUT2D eigenvalue weighted by Crippen LogP contribution is -2.11. The Balaban J connectivity index is 1.85. The molecule has 6 nitrogen and oxygen atoms in total. The third-order valence-electron chi connectivity index (χ3n) is 2.16. The molecule has 0 bridgehead atoms. The van der Waals surface area contributed by atoms with E-state index in [4.69, 9.17) is 4.42 Å². The molecule has 90 valence electrons. The third kappa shape index (κ3) is 3.53. The number of hydrogen-bond acceptors (Lipinski definition) is 6. The first-order valence-electron chi connectivity index (χ1n) is 5.54. The molecule has 0 unspecified atom stereocenters. The number of anilines is 1. The van der Waals surface area contributed by atoms with Crippen LogP contribution in [0.3, 0.4) is 0 Å². The van der Waals surface area contributed by atoms with Gasteiger partial charge in [-0.05, 0) is 18.2 Å². The Kier molecular flexibility index (Phi) is 4.04. The van der Waals surface area contributed by atoms with Crippen LogP contribution in [0.2, 0.25) is 0 Å². The van der Waals surface area contributed by atoms with Crippen LogP contribution >= 0.6 is 0 Å². The summed E-state index contributed by atoms with van der Waals surface area (Å²) in [5.74, 6) is 0.584. The van der Waals surface area contributed by atoms with Gasteiger partial charge in [-0.15, -0.1) is 5.10 Å². The summed E-state index contributed by atoms with van der Waals surface area (Å²) < 4.78 is 5.39. The molecule has 0 aliphatic heterocycles. The standard InChI is InChI=1S/C11H15N5O/c1-2-12-8-10-15-16-11(17-10)14-7-9-4-3-5-13-6-9/h3-6,12H,2,7-8H2,1H3,(H,14,16). The predicted molar refractivity (Wildman–Crippen MR) is 63.2 cm³/mol. The largest absolute Gasteiger partial charge is 0.407 e. The third-order valence-corrected chi connectivity index (χ3v) is 2.16. The second-order valence-corrected chi connectivity index (χ2v) is 3.50. The topological polar surface area (TPSA) is 75.9 Å². The van der Waals surface area contributed by atoms with Gasteiger partial charge < -0.3 is 15.1 Å². The highest BCUT2D eigenvalue weighted by Gasteiger charge is 2.04. The molecular weight excluding hydrogens is 218 g/mol. The monoisotopic (exact) mass is 233 g/mol. The van der Waals surface area contributed by atoms with Gasteiger partial charge in [-0.3, -0.25) is 4.98 Å². The Labute approximate surface area is 99.5 Å². The zero-order chi connectivity index (χ0) is 11.9. The number of rotatable bonds is 6. The Bertz CT molecular complexity index is 442. The van der Waals surface area contributed by atoms with E-state index in [1.54, 1.807) is 12.4 Å². The fraction of sp³-hybridized carbons (Fsp3) is 0.364. The van der Waals surface area contributed by atoms with E-state index in [2.05, 4.69) is 25.8 Å². The zero-order valence-corrected chi connectivity index (χ0v) is 9.68. The van der Waals surface area contributed by atoms with Crippen molar-refractivity contribution in [3.8, 4) is 0 Å². The van der Waals surface area contributed by atoms with Crippen molar-refractivity contribution in [1.29, 1.82) is 0 Å². The molecule has 2 aromatic heterocycles. The summed E-state index contributed by atoms with van der Waals surface area (Å²) in [6.45, 7) is 4.12. The van der Waals surface area contributed by atoms with Gasteiger partial charge in [0.25, 0.3) is 0 Å². The van der Waals surface area contributed by atoms with E-state index in [1.807, 2.05) is 19.1 Å². The van der Waals surface area contributed by atoms with Gasteiger partial charge in [0.05, 0.1) is 6.54 Å². The Morgan fingerprint density at radius 2 is 2.24 bits per heavy atom. The number of hydrogen-bond donors (Lipinski definition) is 2.